The van der Waals surface area contributed by atoms with E-state index in [4.69, 9.17) is 4.74 Å². The number of methoxy groups -OCH3 is 1. The highest BCUT2D eigenvalue weighted by molar-refractivity contribution is 5.97. The summed E-state index contributed by atoms with van der Waals surface area (Å²) in [5, 5.41) is 2.92. The summed E-state index contributed by atoms with van der Waals surface area (Å²) in [6, 6.07) is -0.746. The molecule has 1 N–H and O–H groups in total. The van der Waals surface area contributed by atoms with Gasteiger partial charge in [0.25, 0.3) is 0 Å². The Kier molecular flexibility index (Phi) is 4.91. The molecule has 3 atom stereocenters. The minimum atomic E-state index is -0.390. The molecule has 21 heavy (non-hydrogen) atoms. The summed E-state index contributed by atoms with van der Waals surface area (Å²) in [7, 11) is 1.71. The second-order valence-corrected chi connectivity index (χ2v) is 6.50. The Balaban J connectivity index is 2.20. The largest absolute Gasteiger partial charge is 0.376 e. The molecule has 1 aliphatic carbocycles. The molecule has 0 aromatic rings. The molecular weight excluding hydrogens is 268 g/mol. The highest BCUT2D eigenvalue weighted by Crippen LogP contribution is 2.37. The van der Waals surface area contributed by atoms with Gasteiger partial charge in [0.2, 0.25) is 11.8 Å². The first-order valence-corrected chi connectivity index (χ1v) is 8.14. The van der Waals surface area contributed by atoms with E-state index in [0.717, 1.165) is 25.7 Å². The Morgan fingerprint density at radius 3 is 2.48 bits per heavy atom. The highest BCUT2D eigenvalue weighted by Gasteiger charge is 2.47. The standard InChI is InChI=1S/C16H28N2O3/c1-5-11(3)13-15(20)18(12(6-2)14(19)17-13)10-16(21-4)8-7-9-16/h11-13H,5-10H2,1-4H3,(H,17,19). The summed E-state index contributed by atoms with van der Waals surface area (Å²) in [4.78, 5) is 27.0. The van der Waals surface area contributed by atoms with E-state index in [9.17, 15) is 9.59 Å². The third kappa shape index (κ3) is 2.93. The Bertz CT molecular complexity index is 401. The molecule has 5 nitrogen and oxygen atoms in total. The summed E-state index contributed by atoms with van der Waals surface area (Å²) < 4.78 is 5.65. The lowest BCUT2D eigenvalue weighted by molar-refractivity contribution is -0.160. The first kappa shape index (κ1) is 16.3. The molecule has 2 fully saturated rings. The van der Waals surface area contributed by atoms with Crippen LogP contribution in [0.1, 0.15) is 52.9 Å². The van der Waals surface area contributed by atoms with Crippen molar-refractivity contribution in [2.75, 3.05) is 13.7 Å². The van der Waals surface area contributed by atoms with Gasteiger partial charge in [-0.15, -0.1) is 0 Å². The van der Waals surface area contributed by atoms with Crippen molar-refractivity contribution in [3.8, 4) is 0 Å². The molecule has 5 heteroatoms. The molecule has 0 radical (unpaired) electrons. The molecule has 3 unspecified atom stereocenters. The van der Waals surface area contributed by atoms with E-state index in [0.29, 0.717) is 13.0 Å². The number of nitrogens with one attached hydrogen (secondary N) is 1. The Morgan fingerprint density at radius 1 is 1.38 bits per heavy atom. The van der Waals surface area contributed by atoms with E-state index < -0.39 is 0 Å². The van der Waals surface area contributed by atoms with Gasteiger partial charge in [0, 0.05) is 7.11 Å². The number of amides is 2. The van der Waals surface area contributed by atoms with Crippen LogP contribution in [0.3, 0.4) is 0 Å². The van der Waals surface area contributed by atoms with Crippen molar-refractivity contribution in [2.45, 2.75) is 70.6 Å². The van der Waals surface area contributed by atoms with E-state index in [1.165, 1.54) is 0 Å². The van der Waals surface area contributed by atoms with E-state index in [1.54, 1.807) is 12.0 Å². The summed E-state index contributed by atoms with van der Waals surface area (Å²) in [5.74, 6) is 0.189. The highest BCUT2D eigenvalue weighted by atomic mass is 16.5. The zero-order valence-corrected chi connectivity index (χ0v) is 13.6. The molecule has 0 aromatic heterocycles. The van der Waals surface area contributed by atoms with Crippen LogP contribution in [0.25, 0.3) is 0 Å². The van der Waals surface area contributed by atoms with E-state index in [-0.39, 0.29) is 35.4 Å². The second-order valence-electron chi connectivity index (χ2n) is 6.50. The van der Waals surface area contributed by atoms with E-state index in [2.05, 4.69) is 5.32 Å². The van der Waals surface area contributed by atoms with E-state index >= 15 is 0 Å². The molecule has 1 saturated carbocycles. The average molecular weight is 296 g/mol. The summed E-state index contributed by atoms with van der Waals surface area (Å²) in [5.41, 5.74) is -0.235. The van der Waals surface area contributed by atoms with Crippen molar-refractivity contribution in [2.24, 2.45) is 5.92 Å². The molecule has 0 bridgehead atoms. The average Bonchev–Trinajstić information content (AvgIpc) is 2.45. The monoisotopic (exact) mass is 296 g/mol. The number of hydrogen-bond acceptors (Lipinski definition) is 3. The molecule has 2 amide bonds. The molecule has 0 aromatic carbocycles. The summed E-state index contributed by atoms with van der Waals surface area (Å²) in [6.45, 7) is 6.56. The predicted molar refractivity (Wildman–Crippen MR) is 80.8 cm³/mol. The predicted octanol–water partition coefficient (Wildman–Crippen LogP) is 1.71. The van der Waals surface area contributed by atoms with Crippen LogP contribution in [0, 0.1) is 5.92 Å². The van der Waals surface area contributed by atoms with Crippen molar-refractivity contribution >= 4 is 11.8 Å². The number of rotatable bonds is 6. The zero-order chi connectivity index (χ0) is 15.6. The van der Waals surface area contributed by atoms with Crippen molar-refractivity contribution in [3.05, 3.63) is 0 Å². The fourth-order valence-electron chi connectivity index (χ4n) is 3.31. The number of hydrogen-bond donors (Lipinski definition) is 1. The second kappa shape index (κ2) is 6.34. The van der Waals surface area contributed by atoms with Crippen LogP contribution in [-0.2, 0) is 14.3 Å². The minimum absolute atomic E-state index is 0.0204. The maximum atomic E-state index is 12.8. The van der Waals surface area contributed by atoms with Gasteiger partial charge in [0.05, 0.1) is 12.1 Å². The Hall–Kier alpha value is -1.10. The van der Waals surface area contributed by atoms with E-state index in [1.807, 2.05) is 20.8 Å². The van der Waals surface area contributed by atoms with Gasteiger partial charge in [-0.1, -0.05) is 27.2 Å². The quantitative estimate of drug-likeness (QED) is 0.812. The molecule has 120 valence electrons. The van der Waals surface area contributed by atoms with Crippen molar-refractivity contribution in [3.63, 3.8) is 0 Å². The normalized spacial score (nSPS) is 29.8. The van der Waals surface area contributed by atoms with Crippen molar-refractivity contribution < 1.29 is 14.3 Å². The first-order chi connectivity index (χ1) is 9.98. The van der Waals surface area contributed by atoms with Crippen LogP contribution in [0.4, 0.5) is 0 Å². The van der Waals surface area contributed by atoms with Crippen molar-refractivity contribution in [1.29, 1.82) is 0 Å². The molecule has 2 rings (SSSR count). The first-order valence-electron chi connectivity index (χ1n) is 8.14. The third-order valence-electron chi connectivity index (χ3n) is 5.28. The van der Waals surface area contributed by atoms with Crippen LogP contribution >= 0.6 is 0 Å². The smallest absolute Gasteiger partial charge is 0.246 e. The van der Waals surface area contributed by atoms with Gasteiger partial charge in [-0.05, 0) is 31.6 Å². The van der Waals surface area contributed by atoms with Crippen LogP contribution in [0.15, 0.2) is 0 Å². The third-order valence-corrected chi connectivity index (χ3v) is 5.28. The van der Waals surface area contributed by atoms with Gasteiger partial charge < -0.3 is 15.0 Å². The number of carbonyl (C=O) groups excluding carboxylic acids is 2. The lowest BCUT2D eigenvalue weighted by Gasteiger charge is -2.48. The molecule has 1 saturated heterocycles. The van der Waals surface area contributed by atoms with Gasteiger partial charge in [0.15, 0.2) is 0 Å². The SMILES string of the molecule is CCC(C)C1NC(=O)C(CC)N(CC2(OC)CCC2)C1=O. The van der Waals surface area contributed by atoms with Gasteiger partial charge in [-0.2, -0.15) is 0 Å². The maximum Gasteiger partial charge on any atom is 0.246 e. The van der Waals surface area contributed by atoms with Gasteiger partial charge in [-0.25, -0.2) is 0 Å². The Labute approximate surface area is 127 Å². The lowest BCUT2D eigenvalue weighted by atomic mass is 9.78. The van der Waals surface area contributed by atoms with Crippen LogP contribution in [0.2, 0.25) is 0 Å². The van der Waals surface area contributed by atoms with Gasteiger partial charge in [-0.3, -0.25) is 9.59 Å². The van der Waals surface area contributed by atoms with Gasteiger partial charge >= 0.3 is 0 Å². The Morgan fingerprint density at radius 2 is 2.05 bits per heavy atom. The molecule has 1 aliphatic heterocycles. The molecule has 0 spiro atoms. The number of nitrogens with zero attached hydrogens (tertiary/aromatic N) is 1. The number of piperazine rings is 1. The fourth-order valence-corrected chi connectivity index (χ4v) is 3.31. The zero-order valence-electron chi connectivity index (χ0n) is 13.6. The van der Waals surface area contributed by atoms with Crippen molar-refractivity contribution in [1.82, 2.24) is 10.2 Å². The minimum Gasteiger partial charge on any atom is -0.376 e. The molecule has 1 heterocycles. The van der Waals surface area contributed by atoms with Gasteiger partial charge in [0.1, 0.15) is 12.1 Å². The van der Waals surface area contributed by atoms with Crippen LogP contribution in [0.5, 0.6) is 0 Å². The number of carbonyl (C=O) groups is 2. The summed E-state index contributed by atoms with van der Waals surface area (Å²) >= 11 is 0. The van der Waals surface area contributed by atoms with Crippen LogP contribution in [-0.4, -0.2) is 48.1 Å². The number of ether oxygens (including phenoxy) is 1. The maximum absolute atomic E-state index is 12.8. The molecule has 2 aliphatic rings. The summed E-state index contributed by atoms with van der Waals surface area (Å²) in [6.07, 6.45) is 4.59. The van der Waals surface area contributed by atoms with Crippen LogP contribution < -0.4 is 5.32 Å². The lowest BCUT2D eigenvalue weighted by Crippen LogP contribution is -2.67. The molecular formula is C16H28N2O3. The topological polar surface area (TPSA) is 58.6 Å². The fraction of sp³-hybridized carbons (Fsp3) is 0.875.